The normalized spacial score (nSPS) is 12.7. The molecule has 0 saturated heterocycles. The highest BCUT2D eigenvalue weighted by atomic mass is 19.4. The van der Waals surface area contributed by atoms with Gasteiger partial charge in [-0.15, -0.1) is 0 Å². The Morgan fingerprint density at radius 1 is 1.15 bits per heavy atom. The van der Waals surface area contributed by atoms with Gasteiger partial charge in [-0.05, 0) is 24.1 Å². The minimum atomic E-state index is -4.55. The van der Waals surface area contributed by atoms with Gasteiger partial charge >= 0.3 is 12.1 Å². The quantitative estimate of drug-likeness (QED) is 0.787. The predicted octanol–water partition coefficient (Wildman–Crippen LogP) is 3.80. The number of carbonyl (C=O) groups excluding carboxylic acids is 2. The first-order valence-corrected chi connectivity index (χ1v) is 7.86. The summed E-state index contributed by atoms with van der Waals surface area (Å²) in [7, 11) is 0. The largest absolute Gasteiger partial charge is 0.459 e. The van der Waals surface area contributed by atoms with E-state index in [1.807, 2.05) is 0 Å². The summed E-state index contributed by atoms with van der Waals surface area (Å²) in [6.07, 6.45) is -3.24. The monoisotopic (exact) mass is 369 g/mol. The number of halogens is 3. The van der Waals surface area contributed by atoms with Gasteiger partial charge in [0.1, 0.15) is 12.6 Å². The van der Waals surface area contributed by atoms with E-state index in [0.717, 1.165) is 6.07 Å². The molecule has 1 atom stereocenters. The molecule has 2 rings (SSSR count). The van der Waals surface area contributed by atoms with Gasteiger partial charge in [-0.25, -0.2) is 4.79 Å². The number of nitrogens with one attached hydrogen (secondary N) is 1. The smallest absolute Gasteiger partial charge is 0.416 e. The molecule has 0 spiro atoms. The number of furan rings is 1. The molecule has 0 bridgehead atoms. The topological polar surface area (TPSA) is 68.5 Å². The van der Waals surface area contributed by atoms with E-state index >= 15 is 0 Å². The Balaban J connectivity index is 2.06. The fourth-order valence-corrected chi connectivity index (χ4v) is 2.28. The molecule has 0 radical (unpaired) electrons. The lowest BCUT2D eigenvalue weighted by Gasteiger charge is -2.21. The molecule has 1 N–H and O–H groups in total. The average Bonchev–Trinajstić information content (AvgIpc) is 3.11. The van der Waals surface area contributed by atoms with Gasteiger partial charge in [0.25, 0.3) is 5.91 Å². The molecule has 1 heterocycles. The Labute approximate surface area is 148 Å². The van der Waals surface area contributed by atoms with Crippen molar-refractivity contribution in [3.05, 3.63) is 59.5 Å². The molecule has 0 aliphatic carbocycles. The van der Waals surface area contributed by atoms with Crippen molar-refractivity contribution in [2.24, 2.45) is 5.92 Å². The van der Waals surface area contributed by atoms with Crippen molar-refractivity contribution in [1.29, 1.82) is 0 Å². The van der Waals surface area contributed by atoms with Gasteiger partial charge in [0.15, 0.2) is 5.76 Å². The maximum atomic E-state index is 13.0. The van der Waals surface area contributed by atoms with Crippen LogP contribution in [0.25, 0.3) is 0 Å². The van der Waals surface area contributed by atoms with Crippen molar-refractivity contribution in [3.8, 4) is 0 Å². The molecule has 26 heavy (non-hydrogen) atoms. The fraction of sp³-hybridized carbons (Fsp3) is 0.333. The molecule has 8 heteroatoms. The molecule has 5 nitrogen and oxygen atoms in total. The van der Waals surface area contributed by atoms with E-state index in [0.29, 0.717) is 0 Å². The van der Waals surface area contributed by atoms with Crippen LogP contribution in [0.5, 0.6) is 0 Å². The molecule has 1 aromatic carbocycles. The second-order valence-corrected chi connectivity index (χ2v) is 5.94. The second-order valence-electron chi connectivity index (χ2n) is 5.94. The number of hydrogen-bond donors (Lipinski definition) is 1. The number of rotatable bonds is 6. The summed E-state index contributed by atoms with van der Waals surface area (Å²) in [5.41, 5.74) is -1.03. The number of ether oxygens (including phenoxy) is 1. The van der Waals surface area contributed by atoms with Crippen molar-refractivity contribution in [1.82, 2.24) is 5.32 Å². The lowest BCUT2D eigenvalue weighted by atomic mass is 10.0. The third-order valence-electron chi connectivity index (χ3n) is 3.64. The SMILES string of the molecule is CC(C)[C@H](NC(=O)c1ccco1)C(=O)OCc1ccccc1C(F)(F)F. The van der Waals surface area contributed by atoms with Crippen LogP contribution in [0.15, 0.2) is 47.1 Å². The van der Waals surface area contributed by atoms with E-state index in [2.05, 4.69) is 5.32 Å². The van der Waals surface area contributed by atoms with Crippen molar-refractivity contribution in [3.63, 3.8) is 0 Å². The van der Waals surface area contributed by atoms with Crippen LogP contribution in [0.1, 0.15) is 35.5 Å². The number of alkyl halides is 3. The molecule has 0 aliphatic rings. The zero-order valence-corrected chi connectivity index (χ0v) is 14.2. The Kier molecular flexibility index (Phi) is 6.07. The zero-order valence-electron chi connectivity index (χ0n) is 14.2. The first-order valence-electron chi connectivity index (χ1n) is 7.86. The van der Waals surface area contributed by atoms with Crippen molar-refractivity contribution >= 4 is 11.9 Å². The van der Waals surface area contributed by atoms with Gasteiger partial charge in [0.2, 0.25) is 0 Å². The van der Waals surface area contributed by atoms with Crippen LogP contribution in [0.3, 0.4) is 0 Å². The highest BCUT2D eigenvalue weighted by molar-refractivity contribution is 5.94. The van der Waals surface area contributed by atoms with Crippen LogP contribution >= 0.6 is 0 Å². The highest BCUT2D eigenvalue weighted by Gasteiger charge is 2.33. The number of hydrogen-bond acceptors (Lipinski definition) is 4. The summed E-state index contributed by atoms with van der Waals surface area (Å²) in [6, 6.07) is 6.77. The van der Waals surface area contributed by atoms with Crippen LogP contribution < -0.4 is 5.32 Å². The number of amides is 1. The summed E-state index contributed by atoms with van der Waals surface area (Å²) in [6.45, 7) is 2.81. The number of benzene rings is 1. The standard InChI is InChI=1S/C18H18F3NO4/c1-11(2)15(22-16(23)14-8-5-9-25-14)17(24)26-10-12-6-3-4-7-13(12)18(19,20)21/h3-9,11,15H,10H2,1-2H3,(H,22,23)/t15-/m0/s1. The highest BCUT2D eigenvalue weighted by Crippen LogP contribution is 2.32. The summed E-state index contributed by atoms with van der Waals surface area (Å²) < 4.78 is 48.9. The predicted molar refractivity (Wildman–Crippen MR) is 86.0 cm³/mol. The van der Waals surface area contributed by atoms with Crippen molar-refractivity contribution in [2.45, 2.75) is 32.7 Å². The van der Waals surface area contributed by atoms with E-state index in [4.69, 9.17) is 9.15 Å². The Hall–Kier alpha value is -2.77. The molecule has 2 aromatic rings. The van der Waals surface area contributed by atoms with Crippen LogP contribution in [-0.4, -0.2) is 17.9 Å². The van der Waals surface area contributed by atoms with E-state index in [1.165, 1.54) is 36.6 Å². The minimum Gasteiger partial charge on any atom is -0.459 e. The van der Waals surface area contributed by atoms with Crippen molar-refractivity contribution in [2.75, 3.05) is 0 Å². The van der Waals surface area contributed by atoms with Gasteiger partial charge in [-0.1, -0.05) is 32.0 Å². The second kappa shape index (κ2) is 8.07. The summed E-state index contributed by atoms with van der Waals surface area (Å²) in [5, 5.41) is 2.47. The maximum Gasteiger partial charge on any atom is 0.416 e. The average molecular weight is 369 g/mol. The van der Waals surface area contributed by atoms with E-state index in [-0.39, 0.29) is 17.2 Å². The van der Waals surface area contributed by atoms with Crippen LogP contribution in [0, 0.1) is 5.92 Å². The summed E-state index contributed by atoms with van der Waals surface area (Å²) >= 11 is 0. The molecule has 0 unspecified atom stereocenters. The molecule has 1 aromatic heterocycles. The first-order chi connectivity index (χ1) is 12.2. The minimum absolute atomic E-state index is 0.0193. The van der Waals surface area contributed by atoms with Crippen LogP contribution in [-0.2, 0) is 22.3 Å². The molecular weight excluding hydrogens is 351 g/mol. The van der Waals surface area contributed by atoms with Gasteiger partial charge in [0, 0.05) is 5.56 Å². The first kappa shape index (κ1) is 19.6. The Morgan fingerprint density at radius 2 is 1.85 bits per heavy atom. The van der Waals surface area contributed by atoms with Crippen molar-refractivity contribution < 1.29 is 31.9 Å². The molecule has 0 saturated carbocycles. The Morgan fingerprint density at radius 3 is 2.42 bits per heavy atom. The molecule has 0 fully saturated rings. The third-order valence-corrected chi connectivity index (χ3v) is 3.64. The maximum absolute atomic E-state index is 13.0. The van der Waals surface area contributed by atoms with Gasteiger partial charge in [-0.3, -0.25) is 4.79 Å². The lowest BCUT2D eigenvalue weighted by Crippen LogP contribution is -2.45. The van der Waals surface area contributed by atoms with Gasteiger partial charge in [0.05, 0.1) is 11.8 Å². The van der Waals surface area contributed by atoms with E-state index < -0.39 is 36.3 Å². The van der Waals surface area contributed by atoms with Gasteiger partial charge < -0.3 is 14.5 Å². The number of carbonyl (C=O) groups is 2. The van der Waals surface area contributed by atoms with Crippen LogP contribution in [0.4, 0.5) is 13.2 Å². The molecular formula is C18H18F3NO4. The Bertz CT molecular complexity index is 754. The van der Waals surface area contributed by atoms with Gasteiger partial charge in [-0.2, -0.15) is 13.2 Å². The molecule has 140 valence electrons. The fourth-order valence-electron chi connectivity index (χ4n) is 2.28. The molecule has 0 aliphatic heterocycles. The lowest BCUT2D eigenvalue weighted by molar-refractivity contribution is -0.150. The third kappa shape index (κ3) is 4.87. The van der Waals surface area contributed by atoms with E-state index in [9.17, 15) is 22.8 Å². The number of esters is 1. The molecule has 1 amide bonds. The zero-order chi connectivity index (χ0) is 19.3. The van der Waals surface area contributed by atoms with E-state index in [1.54, 1.807) is 13.8 Å². The summed E-state index contributed by atoms with van der Waals surface area (Å²) in [5.74, 6) is -1.75. The van der Waals surface area contributed by atoms with Crippen LogP contribution in [0.2, 0.25) is 0 Å². The summed E-state index contributed by atoms with van der Waals surface area (Å²) in [4.78, 5) is 24.3.